The first-order chi connectivity index (χ1) is 9.27. The van der Waals surface area contributed by atoms with E-state index in [4.69, 9.17) is 5.11 Å². The Morgan fingerprint density at radius 1 is 1.00 bits per heavy atom. The lowest BCUT2D eigenvalue weighted by molar-refractivity contribution is -0.144. The van der Waals surface area contributed by atoms with Gasteiger partial charge in [0.15, 0.2) is 0 Å². The predicted molar refractivity (Wildman–Crippen MR) is 77.0 cm³/mol. The number of hydrogen-bond donors (Lipinski definition) is 2. The molecule has 0 saturated heterocycles. The average Bonchev–Trinajstić information content (AvgIpc) is 2.31. The lowest BCUT2D eigenvalue weighted by Crippen LogP contribution is -2.47. The minimum Gasteiger partial charge on any atom is -0.480 e. The van der Waals surface area contributed by atoms with E-state index >= 15 is 0 Å². The van der Waals surface area contributed by atoms with Gasteiger partial charge in [-0.15, -0.1) is 0 Å². The fraction of sp³-hybridized carbons (Fsp3) is 0.846. The molecule has 0 rings (SSSR count). The molecule has 0 heterocycles. The normalized spacial score (nSPS) is 13.2. The minimum absolute atomic E-state index is 0.0363. The molecule has 0 bridgehead atoms. The fourth-order valence-corrected chi connectivity index (χ4v) is 1.95. The van der Waals surface area contributed by atoms with Gasteiger partial charge in [-0.1, -0.05) is 6.92 Å². The van der Waals surface area contributed by atoms with Crippen LogP contribution in [-0.2, 0) is 9.59 Å². The molecule has 0 saturated carbocycles. The molecule has 118 valence electrons. The van der Waals surface area contributed by atoms with E-state index in [2.05, 4.69) is 0 Å². The van der Waals surface area contributed by atoms with Crippen LogP contribution >= 0.6 is 0 Å². The molecular weight excluding hydrogens is 262 g/mol. The van der Waals surface area contributed by atoms with Gasteiger partial charge in [0.1, 0.15) is 6.04 Å². The van der Waals surface area contributed by atoms with Gasteiger partial charge < -0.3 is 15.1 Å². The maximum Gasteiger partial charge on any atom is 0.320 e. The van der Waals surface area contributed by atoms with Crippen molar-refractivity contribution >= 4 is 11.9 Å². The van der Waals surface area contributed by atoms with Gasteiger partial charge in [-0.25, -0.2) is 0 Å². The number of carbonyl (C=O) groups is 2. The summed E-state index contributed by atoms with van der Waals surface area (Å²) < 4.78 is 0. The van der Waals surface area contributed by atoms with Gasteiger partial charge in [-0.3, -0.25) is 19.4 Å². The van der Waals surface area contributed by atoms with Crippen LogP contribution in [0.4, 0.5) is 0 Å². The first kappa shape index (κ1) is 18.8. The Bertz CT molecular complexity index is 310. The molecule has 0 aliphatic carbocycles. The van der Waals surface area contributed by atoms with E-state index in [1.807, 2.05) is 30.8 Å². The molecule has 1 unspecified atom stereocenters. The number of rotatable bonds is 11. The van der Waals surface area contributed by atoms with Crippen LogP contribution in [0.25, 0.3) is 0 Å². The van der Waals surface area contributed by atoms with E-state index < -0.39 is 18.0 Å². The van der Waals surface area contributed by atoms with Crippen LogP contribution in [0.5, 0.6) is 0 Å². The van der Waals surface area contributed by atoms with E-state index in [9.17, 15) is 14.7 Å². The summed E-state index contributed by atoms with van der Waals surface area (Å²) in [4.78, 5) is 27.5. The van der Waals surface area contributed by atoms with E-state index in [0.717, 1.165) is 6.54 Å². The molecule has 2 N–H and O–H groups in total. The molecule has 0 fully saturated rings. The van der Waals surface area contributed by atoms with Crippen molar-refractivity contribution in [1.29, 1.82) is 0 Å². The predicted octanol–water partition coefficient (Wildman–Crippen LogP) is -0.270. The van der Waals surface area contributed by atoms with Crippen molar-refractivity contribution in [3.63, 3.8) is 0 Å². The zero-order valence-corrected chi connectivity index (χ0v) is 12.9. The van der Waals surface area contributed by atoms with Gasteiger partial charge in [0.25, 0.3) is 0 Å². The second-order valence-electron chi connectivity index (χ2n) is 5.23. The summed E-state index contributed by atoms with van der Waals surface area (Å²) in [5.41, 5.74) is 0. The molecule has 0 aromatic carbocycles. The molecule has 0 radical (unpaired) electrons. The largest absolute Gasteiger partial charge is 0.480 e. The first-order valence-electron chi connectivity index (χ1n) is 6.79. The highest BCUT2D eigenvalue weighted by Crippen LogP contribution is 2.05. The SMILES string of the molecule is CCC(C(=O)O)N(CCN(C)C)CCN(C)CC(=O)O. The highest BCUT2D eigenvalue weighted by molar-refractivity contribution is 5.73. The van der Waals surface area contributed by atoms with Crippen molar-refractivity contribution in [3.8, 4) is 0 Å². The third-order valence-corrected chi connectivity index (χ3v) is 3.12. The van der Waals surface area contributed by atoms with Crippen molar-refractivity contribution in [3.05, 3.63) is 0 Å². The second kappa shape index (κ2) is 9.68. The summed E-state index contributed by atoms with van der Waals surface area (Å²) in [6.07, 6.45) is 0.533. The van der Waals surface area contributed by atoms with Gasteiger partial charge in [0, 0.05) is 26.2 Å². The first-order valence-corrected chi connectivity index (χ1v) is 6.79. The second-order valence-corrected chi connectivity index (χ2v) is 5.23. The summed E-state index contributed by atoms with van der Waals surface area (Å²) in [5.74, 6) is -1.70. The lowest BCUT2D eigenvalue weighted by Gasteiger charge is -2.30. The lowest BCUT2D eigenvalue weighted by atomic mass is 10.2. The molecular formula is C13H27N3O4. The monoisotopic (exact) mass is 289 g/mol. The Balaban J connectivity index is 4.51. The molecule has 7 heteroatoms. The summed E-state index contributed by atoms with van der Waals surface area (Å²) >= 11 is 0. The van der Waals surface area contributed by atoms with Crippen LogP contribution in [0.1, 0.15) is 13.3 Å². The molecule has 0 amide bonds. The molecule has 0 aromatic heterocycles. The number of hydrogen-bond acceptors (Lipinski definition) is 5. The van der Waals surface area contributed by atoms with Crippen molar-refractivity contribution in [1.82, 2.24) is 14.7 Å². The van der Waals surface area contributed by atoms with Crippen LogP contribution in [0.15, 0.2) is 0 Å². The van der Waals surface area contributed by atoms with Crippen LogP contribution in [0.2, 0.25) is 0 Å². The van der Waals surface area contributed by atoms with Crippen molar-refractivity contribution < 1.29 is 19.8 Å². The smallest absolute Gasteiger partial charge is 0.320 e. The average molecular weight is 289 g/mol. The van der Waals surface area contributed by atoms with Crippen molar-refractivity contribution in [2.75, 3.05) is 53.9 Å². The Labute approximate surface area is 120 Å². The van der Waals surface area contributed by atoms with Crippen molar-refractivity contribution in [2.45, 2.75) is 19.4 Å². The highest BCUT2D eigenvalue weighted by atomic mass is 16.4. The summed E-state index contributed by atoms with van der Waals surface area (Å²) in [6.45, 7) is 4.31. The van der Waals surface area contributed by atoms with Gasteiger partial charge in [-0.2, -0.15) is 0 Å². The third kappa shape index (κ3) is 8.08. The Morgan fingerprint density at radius 2 is 1.55 bits per heavy atom. The summed E-state index contributed by atoms with van der Waals surface area (Å²) in [5, 5.41) is 18.0. The zero-order valence-electron chi connectivity index (χ0n) is 12.9. The van der Waals surface area contributed by atoms with Gasteiger partial charge in [-0.05, 0) is 27.6 Å². The van der Waals surface area contributed by atoms with E-state index in [1.165, 1.54) is 0 Å². The Hall–Kier alpha value is -1.18. The van der Waals surface area contributed by atoms with Gasteiger partial charge in [0.2, 0.25) is 0 Å². The van der Waals surface area contributed by atoms with Crippen LogP contribution in [0, 0.1) is 0 Å². The highest BCUT2D eigenvalue weighted by Gasteiger charge is 2.23. The Kier molecular flexibility index (Phi) is 9.11. The van der Waals surface area contributed by atoms with Crippen LogP contribution in [-0.4, -0.2) is 96.8 Å². The molecule has 0 spiro atoms. The van der Waals surface area contributed by atoms with Gasteiger partial charge >= 0.3 is 11.9 Å². The maximum atomic E-state index is 11.3. The van der Waals surface area contributed by atoms with Crippen LogP contribution < -0.4 is 0 Å². The molecule has 7 nitrogen and oxygen atoms in total. The molecule has 0 aliphatic rings. The zero-order chi connectivity index (χ0) is 15.7. The van der Waals surface area contributed by atoms with Crippen molar-refractivity contribution in [2.24, 2.45) is 0 Å². The quantitative estimate of drug-likeness (QED) is 0.541. The van der Waals surface area contributed by atoms with Gasteiger partial charge in [0.05, 0.1) is 6.54 Å². The Morgan fingerprint density at radius 3 is 1.95 bits per heavy atom. The fourth-order valence-electron chi connectivity index (χ4n) is 1.95. The van der Waals surface area contributed by atoms with E-state index in [1.54, 1.807) is 11.9 Å². The standard InChI is InChI=1S/C13H27N3O4/c1-5-11(13(19)20)16(8-6-14(2)3)9-7-15(4)10-12(17)18/h11H,5-10H2,1-4H3,(H,17,18)(H,19,20). The molecule has 0 aromatic rings. The maximum absolute atomic E-state index is 11.3. The number of nitrogens with zero attached hydrogens (tertiary/aromatic N) is 3. The number of carboxylic acid groups (broad SMARTS) is 2. The third-order valence-electron chi connectivity index (χ3n) is 3.12. The molecule has 1 atom stereocenters. The molecule has 0 aliphatic heterocycles. The van der Waals surface area contributed by atoms with Crippen LogP contribution in [0.3, 0.4) is 0 Å². The van der Waals surface area contributed by atoms with E-state index in [-0.39, 0.29) is 6.54 Å². The minimum atomic E-state index is -0.877. The van der Waals surface area contributed by atoms with E-state index in [0.29, 0.717) is 26.1 Å². The number of carboxylic acids is 2. The molecule has 20 heavy (non-hydrogen) atoms. The number of aliphatic carboxylic acids is 2. The number of likely N-dealkylation sites (N-methyl/N-ethyl adjacent to an activating group) is 2. The summed E-state index contributed by atoms with van der Waals surface area (Å²) in [7, 11) is 5.60. The topological polar surface area (TPSA) is 84.3 Å². The summed E-state index contributed by atoms with van der Waals surface area (Å²) in [6, 6.07) is -0.520.